The summed E-state index contributed by atoms with van der Waals surface area (Å²) in [5.41, 5.74) is -3.20. The van der Waals surface area contributed by atoms with Crippen molar-refractivity contribution >= 4 is 0 Å². The van der Waals surface area contributed by atoms with Gasteiger partial charge in [-0.2, -0.15) is 26.3 Å². The van der Waals surface area contributed by atoms with E-state index in [0.717, 1.165) is 0 Å². The van der Waals surface area contributed by atoms with Gasteiger partial charge < -0.3 is 5.11 Å². The van der Waals surface area contributed by atoms with Crippen LogP contribution in [-0.2, 0) is 12.4 Å². The predicted molar refractivity (Wildman–Crippen MR) is 60.9 cm³/mol. The van der Waals surface area contributed by atoms with Crippen molar-refractivity contribution in [1.29, 1.82) is 0 Å². The molecule has 1 aromatic rings. The Hall–Kier alpha value is -1.24. The van der Waals surface area contributed by atoms with E-state index in [4.69, 9.17) is 0 Å². The zero-order valence-corrected chi connectivity index (χ0v) is 10.8. The minimum Gasteiger partial charge on any atom is -0.388 e. The topological polar surface area (TPSA) is 20.2 Å². The first-order valence-corrected chi connectivity index (χ1v) is 5.88. The highest BCUT2D eigenvalue weighted by atomic mass is 19.4. The van der Waals surface area contributed by atoms with Gasteiger partial charge in [0, 0.05) is 0 Å². The fourth-order valence-electron chi connectivity index (χ4n) is 1.75. The van der Waals surface area contributed by atoms with Gasteiger partial charge in [-0.1, -0.05) is 13.8 Å². The molecule has 7 heteroatoms. The van der Waals surface area contributed by atoms with E-state index < -0.39 is 29.6 Å². The van der Waals surface area contributed by atoms with Crippen molar-refractivity contribution in [1.82, 2.24) is 0 Å². The molecule has 1 N–H and O–H groups in total. The summed E-state index contributed by atoms with van der Waals surface area (Å²) in [6.07, 6.45) is -11.1. The van der Waals surface area contributed by atoms with E-state index in [1.807, 2.05) is 0 Å². The number of rotatable bonds is 3. The maximum absolute atomic E-state index is 12.6. The summed E-state index contributed by atoms with van der Waals surface area (Å²) in [5, 5.41) is 9.74. The number of halogens is 6. The van der Waals surface area contributed by atoms with Crippen LogP contribution in [0.1, 0.15) is 43.1 Å². The number of aliphatic hydroxyl groups excluding tert-OH is 1. The van der Waals surface area contributed by atoms with Crippen LogP contribution < -0.4 is 0 Å². The SMILES string of the molecule is CC(C)CC(O)c1cc(C(F)(F)F)cc(C(F)(F)F)c1. The van der Waals surface area contributed by atoms with Crippen molar-refractivity contribution in [3.63, 3.8) is 0 Å². The van der Waals surface area contributed by atoms with Gasteiger partial charge in [0.1, 0.15) is 0 Å². The van der Waals surface area contributed by atoms with Crippen molar-refractivity contribution in [2.24, 2.45) is 5.92 Å². The molecule has 0 fully saturated rings. The molecule has 114 valence electrons. The predicted octanol–water partition coefficient (Wildman–Crippen LogP) is 4.80. The maximum Gasteiger partial charge on any atom is 0.416 e. The second-order valence-corrected chi connectivity index (χ2v) is 4.98. The van der Waals surface area contributed by atoms with Gasteiger partial charge >= 0.3 is 12.4 Å². The van der Waals surface area contributed by atoms with Gasteiger partial charge in [-0.25, -0.2) is 0 Å². The van der Waals surface area contributed by atoms with Crippen LogP contribution in [0, 0.1) is 5.92 Å². The zero-order valence-electron chi connectivity index (χ0n) is 10.8. The average Bonchev–Trinajstić information content (AvgIpc) is 2.25. The number of hydrogen-bond acceptors (Lipinski definition) is 1. The monoisotopic (exact) mass is 300 g/mol. The first-order chi connectivity index (χ1) is 8.91. The quantitative estimate of drug-likeness (QED) is 0.795. The summed E-state index contributed by atoms with van der Waals surface area (Å²) < 4.78 is 75.7. The van der Waals surface area contributed by atoms with Crippen LogP contribution >= 0.6 is 0 Å². The molecule has 0 aromatic heterocycles. The maximum atomic E-state index is 12.6. The summed E-state index contributed by atoms with van der Waals surface area (Å²) >= 11 is 0. The number of benzene rings is 1. The third-order valence-corrected chi connectivity index (χ3v) is 2.69. The molecule has 1 aromatic carbocycles. The Morgan fingerprint density at radius 1 is 0.900 bits per heavy atom. The highest BCUT2D eigenvalue weighted by Gasteiger charge is 2.37. The first kappa shape index (κ1) is 16.8. The van der Waals surface area contributed by atoms with Gasteiger partial charge in [-0.15, -0.1) is 0 Å². The molecule has 0 heterocycles. The number of aliphatic hydroxyl groups is 1. The standard InChI is InChI=1S/C13H14F6O/c1-7(2)3-11(20)8-4-9(12(14,15)16)6-10(5-8)13(17,18)19/h4-7,11,20H,3H2,1-2H3. The molecule has 20 heavy (non-hydrogen) atoms. The summed E-state index contributed by atoms with van der Waals surface area (Å²) in [4.78, 5) is 0. The van der Waals surface area contributed by atoms with Gasteiger partial charge in [0.05, 0.1) is 17.2 Å². The smallest absolute Gasteiger partial charge is 0.388 e. The van der Waals surface area contributed by atoms with Crippen molar-refractivity contribution in [3.05, 3.63) is 34.9 Å². The van der Waals surface area contributed by atoms with Crippen LogP contribution in [0.2, 0.25) is 0 Å². The Morgan fingerprint density at radius 2 is 1.30 bits per heavy atom. The third kappa shape index (κ3) is 4.40. The Labute approximate surface area is 112 Å². The van der Waals surface area contributed by atoms with Gasteiger partial charge in [0.25, 0.3) is 0 Å². The van der Waals surface area contributed by atoms with Crippen LogP contribution in [0.5, 0.6) is 0 Å². The molecule has 0 spiro atoms. The molecule has 0 saturated carbocycles. The normalized spacial score (nSPS) is 14.7. The number of alkyl halides is 6. The van der Waals surface area contributed by atoms with Crippen LogP contribution in [-0.4, -0.2) is 5.11 Å². The van der Waals surface area contributed by atoms with E-state index >= 15 is 0 Å². The lowest BCUT2D eigenvalue weighted by Crippen LogP contribution is -2.13. The summed E-state index contributed by atoms with van der Waals surface area (Å²) in [6.45, 7) is 3.42. The van der Waals surface area contributed by atoms with E-state index in [2.05, 4.69) is 0 Å². The van der Waals surface area contributed by atoms with E-state index in [-0.39, 0.29) is 24.0 Å². The highest BCUT2D eigenvalue weighted by molar-refractivity contribution is 5.34. The molecule has 1 rings (SSSR count). The average molecular weight is 300 g/mol. The van der Waals surface area contributed by atoms with Gasteiger partial charge in [0.15, 0.2) is 0 Å². The zero-order chi connectivity index (χ0) is 15.7. The van der Waals surface area contributed by atoms with Crippen LogP contribution in [0.3, 0.4) is 0 Å². The molecule has 1 nitrogen and oxygen atoms in total. The lowest BCUT2D eigenvalue weighted by Gasteiger charge is -2.18. The minimum absolute atomic E-state index is 0.0472. The van der Waals surface area contributed by atoms with Crippen molar-refractivity contribution in [2.75, 3.05) is 0 Å². The summed E-state index contributed by atoms with van der Waals surface area (Å²) in [7, 11) is 0. The molecule has 0 aliphatic heterocycles. The van der Waals surface area contributed by atoms with Crippen LogP contribution in [0.25, 0.3) is 0 Å². The van der Waals surface area contributed by atoms with E-state index in [1.54, 1.807) is 13.8 Å². The molecule has 1 unspecified atom stereocenters. The first-order valence-electron chi connectivity index (χ1n) is 5.88. The van der Waals surface area contributed by atoms with Gasteiger partial charge in [0.2, 0.25) is 0 Å². The van der Waals surface area contributed by atoms with E-state index in [1.165, 1.54) is 0 Å². The largest absolute Gasteiger partial charge is 0.416 e. The molecular weight excluding hydrogens is 286 g/mol. The second kappa shape index (κ2) is 5.63. The molecular formula is C13H14F6O. The minimum atomic E-state index is -4.90. The summed E-state index contributed by atoms with van der Waals surface area (Å²) in [6, 6.07) is 1.16. The molecule has 0 aliphatic rings. The van der Waals surface area contributed by atoms with Crippen molar-refractivity contribution < 1.29 is 31.4 Å². The van der Waals surface area contributed by atoms with Gasteiger partial charge in [-0.05, 0) is 36.1 Å². The molecule has 0 aliphatic carbocycles. The van der Waals surface area contributed by atoms with Crippen molar-refractivity contribution in [2.45, 2.75) is 38.7 Å². The lowest BCUT2D eigenvalue weighted by molar-refractivity contribution is -0.143. The highest BCUT2D eigenvalue weighted by Crippen LogP contribution is 2.38. The fraction of sp³-hybridized carbons (Fsp3) is 0.538. The Morgan fingerprint density at radius 3 is 1.60 bits per heavy atom. The molecule has 1 atom stereocenters. The Bertz CT molecular complexity index is 429. The molecule has 0 radical (unpaired) electrons. The van der Waals surface area contributed by atoms with E-state index in [9.17, 15) is 31.4 Å². The molecule has 0 bridgehead atoms. The van der Waals surface area contributed by atoms with Crippen LogP contribution in [0.4, 0.5) is 26.3 Å². The summed E-state index contributed by atoms with van der Waals surface area (Å²) in [5.74, 6) is -0.0612. The molecule has 0 saturated heterocycles. The van der Waals surface area contributed by atoms with Gasteiger partial charge in [-0.3, -0.25) is 0 Å². The Balaban J connectivity index is 3.31. The van der Waals surface area contributed by atoms with Crippen molar-refractivity contribution in [3.8, 4) is 0 Å². The molecule has 0 amide bonds. The Kier molecular flexibility index (Phi) is 4.74. The van der Waals surface area contributed by atoms with E-state index in [0.29, 0.717) is 12.1 Å². The second-order valence-electron chi connectivity index (χ2n) is 4.98. The van der Waals surface area contributed by atoms with Crippen LogP contribution in [0.15, 0.2) is 18.2 Å². The fourth-order valence-corrected chi connectivity index (χ4v) is 1.75. The lowest BCUT2D eigenvalue weighted by atomic mass is 9.96. The number of hydrogen-bond donors (Lipinski definition) is 1. The third-order valence-electron chi connectivity index (χ3n) is 2.69.